The largest absolute Gasteiger partial charge is 0.404 e. The number of halogens is 2. The molecule has 0 radical (unpaired) electrons. The molecule has 3 aliphatic heterocycles. The van der Waals surface area contributed by atoms with Crippen LogP contribution in [-0.2, 0) is 9.53 Å². The van der Waals surface area contributed by atoms with E-state index in [1.165, 1.54) is 24.7 Å². The molecule has 3 saturated heterocycles. The highest BCUT2D eigenvalue weighted by Gasteiger charge is 2.58. The van der Waals surface area contributed by atoms with Crippen LogP contribution >= 0.6 is 0 Å². The summed E-state index contributed by atoms with van der Waals surface area (Å²) in [6.07, 6.45) is 6.24. The summed E-state index contributed by atoms with van der Waals surface area (Å²) in [7, 11) is 0. The van der Waals surface area contributed by atoms with Crippen molar-refractivity contribution in [1.82, 2.24) is 19.9 Å². The lowest BCUT2D eigenvalue weighted by Gasteiger charge is -2.37. The summed E-state index contributed by atoms with van der Waals surface area (Å²) in [4.78, 5) is 29.7. The molecule has 31 heavy (non-hydrogen) atoms. The van der Waals surface area contributed by atoms with Crippen LogP contribution in [0.3, 0.4) is 0 Å². The number of piperidine rings is 1. The average molecular weight is 428 g/mol. The molecule has 1 aromatic carbocycles. The van der Waals surface area contributed by atoms with Gasteiger partial charge in [0, 0.05) is 32.0 Å². The third kappa shape index (κ3) is 3.40. The fraction of sp³-hybridized carbons (Fsp3) is 0.429. The first-order valence-electron chi connectivity index (χ1n) is 10.3. The maximum atomic E-state index is 13.7. The summed E-state index contributed by atoms with van der Waals surface area (Å²) >= 11 is 0. The first-order valence-corrected chi connectivity index (χ1v) is 10.3. The second-order valence-electron chi connectivity index (χ2n) is 8.06. The van der Waals surface area contributed by atoms with E-state index in [0.29, 0.717) is 56.1 Å². The Morgan fingerprint density at radius 3 is 2.58 bits per heavy atom. The number of carbonyl (C=O) groups is 1. The molecule has 1 spiro atoms. The Morgan fingerprint density at radius 1 is 1.13 bits per heavy atom. The van der Waals surface area contributed by atoms with Crippen molar-refractivity contribution in [3.8, 4) is 0 Å². The topological polar surface area (TPSA) is 97.5 Å². The van der Waals surface area contributed by atoms with Gasteiger partial charge in [0.15, 0.2) is 11.4 Å². The van der Waals surface area contributed by atoms with Gasteiger partial charge in [-0.05, 0) is 42.8 Å². The number of nitrogens with zero attached hydrogens (tertiary/aromatic N) is 5. The van der Waals surface area contributed by atoms with Crippen molar-refractivity contribution in [2.75, 3.05) is 18.0 Å². The molecule has 2 N–H and O–H groups in total. The first-order chi connectivity index (χ1) is 15.0. The van der Waals surface area contributed by atoms with E-state index < -0.39 is 17.2 Å². The number of ether oxygens (including phenoxy) is 1. The molecule has 0 saturated carbocycles. The molecule has 0 aliphatic carbocycles. The fourth-order valence-corrected chi connectivity index (χ4v) is 4.83. The Morgan fingerprint density at radius 2 is 1.87 bits per heavy atom. The summed E-state index contributed by atoms with van der Waals surface area (Å²) in [5, 5.41) is 0. The van der Waals surface area contributed by atoms with Crippen molar-refractivity contribution in [3.63, 3.8) is 0 Å². The molecule has 4 heterocycles. The molecule has 3 aliphatic rings. The van der Waals surface area contributed by atoms with Crippen LogP contribution < -0.4 is 10.6 Å². The molecule has 10 heteroatoms. The van der Waals surface area contributed by atoms with E-state index in [-0.39, 0.29) is 18.2 Å². The van der Waals surface area contributed by atoms with Crippen molar-refractivity contribution >= 4 is 17.9 Å². The van der Waals surface area contributed by atoms with Crippen LogP contribution in [0.2, 0.25) is 0 Å². The third-order valence-electron chi connectivity index (χ3n) is 6.27. The lowest BCUT2D eigenvalue weighted by molar-refractivity contribution is -0.140. The molecule has 3 fully saturated rings. The van der Waals surface area contributed by atoms with Gasteiger partial charge < -0.3 is 20.3 Å². The van der Waals surface area contributed by atoms with Gasteiger partial charge in [-0.25, -0.2) is 18.7 Å². The monoisotopic (exact) mass is 428 g/mol. The highest BCUT2D eigenvalue weighted by molar-refractivity contribution is 5.88. The van der Waals surface area contributed by atoms with Crippen LogP contribution in [0.4, 0.5) is 14.7 Å². The molecule has 8 nitrogen and oxygen atoms in total. The molecular weight excluding hydrogens is 406 g/mol. The summed E-state index contributed by atoms with van der Waals surface area (Å²) in [6.45, 7) is 1.09. The van der Waals surface area contributed by atoms with Crippen LogP contribution in [0.15, 0.2) is 30.7 Å². The number of amides is 1. The minimum absolute atomic E-state index is 0.105. The van der Waals surface area contributed by atoms with E-state index in [9.17, 15) is 13.6 Å². The number of fused-ring (bicyclic) bond motifs is 1. The van der Waals surface area contributed by atoms with Crippen LogP contribution in [0.5, 0.6) is 0 Å². The summed E-state index contributed by atoms with van der Waals surface area (Å²) in [5.74, 6) is -0.402. The van der Waals surface area contributed by atoms with Gasteiger partial charge in [0.05, 0.1) is 6.04 Å². The van der Waals surface area contributed by atoms with Crippen molar-refractivity contribution < 1.29 is 18.3 Å². The van der Waals surface area contributed by atoms with E-state index in [0.717, 1.165) is 6.07 Å². The van der Waals surface area contributed by atoms with E-state index in [1.807, 2.05) is 4.90 Å². The maximum Gasteiger partial charge on any atom is 0.257 e. The normalized spacial score (nSPS) is 25.0. The Balaban J connectivity index is 1.33. The molecule has 1 aromatic heterocycles. The van der Waals surface area contributed by atoms with E-state index in [2.05, 4.69) is 15.0 Å². The predicted octanol–water partition coefficient (Wildman–Crippen LogP) is 2.14. The Kier molecular flexibility index (Phi) is 4.81. The molecule has 2 atom stereocenters. The molecule has 5 rings (SSSR count). The van der Waals surface area contributed by atoms with Crippen LogP contribution in [0, 0.1) is 11.6 Å². The van der Waals surface area contributed by atoms with Gasteiger partial charge in [-0.15, -0.1) is 0 Å². The Hall–Kier alpha value is -3.14. The van der Waals surface area contributed by atoms with Gasteiger partial charge in [-0.2, -0.15) is 4.98 Å². The number of carbonyl (C=O) groups excluding carboxylic acids is 1. The predicted molar refractivity (Wildman–Crippen MR) is 107 cm³/mol. The van der Waals surface area contributed by atoms with Crippen molar-refractivity contribution in [2.24, 2.45) is 5.73 Å². The van der Waals surface area contributed by atoms with Gasteiger partial charge in [0.1, 0.15) is 24.2 Å². The highest BCUT2D eigenvalue weighted by atomic mass is 19.1. The minimum atomic E-state index is -0.918. The second kappa shape index (κ2) is 7.52. The first kappa shape index (κ1) is 19.8. The summed E-state index contributed by atoms with van der Waals surface area (Å²) in [5.41, 5.74) is 4.95. The van der Waals surface area contributed by atoms with Crippen LogP contribution in [-0.4, -0.2) is 50.7 Å². The van der Waals surface area contributed by atoms with E-state index in [1.54, 1.807) is 11.0 Å². The van der Waals surface area contributed by atoms with Gasteiger partial charge in [0.2, 0.25) is 5.95 Å². The second-order valence-corrected chi connectivity index (χ2v) is 8.06. The zero-order valence-corrected chi connectivity index (χ0v) is 16.7. The lowest BCUT2D eigenvalue weighted by atomic mass is 9.89. The number of hydrogen-bond acceptors (Lipinski definition) is 7. The molecule has 1 amide bonds. The van der Waals surface area contributed by atoms with E-state index >= 15 is 0 Å². The lowest BCUT2D eigenvalue weighted by Crippen LogP contribution is -2.50. The van der Waals surface area contributed by atoms with Crippen molar-refractivity contribution in [2.45, 2.75) is 43.6 Å². The van der Waals surface area contributed by atoms with Crippen LogP contribution in [0.1, 0.15) is 43.1 Å². The maximum absolute atomic E-state index is 13.7. The number of aromatic nitrogens is 3. The standard InChI is InChI=1S/C21H22F2N6O2/c22-14-9-13(10-15(23)11-14)16-1-2-18-29(16)19(30)21(31-18)4-7-28(8-5-21)20-26-12-25-17(27-20)3-6-24/h3,6,9-12,16,18H,1-2,4-5,7-8,24H2/b6-3-/t16-,18+/m0/s1. The van der Waals surface area contributed by atoms with Gasteiger partial charge in [-0.3, -0.25) is 4.79 Å². The fourth-order valence-electron chi connectivity index (χ4n) is 4.83. The minimum Gasteiger partial charge on any atom is -0.404 e. The van der Waals surface area contributed by atoms with Gasteiger partial charge >= 0.3 is 0 Å². The Labute approximate surface area is 177 Å². The zero-order chi connectivity index (χ0) is 21.6. The molecule has 162 valence electrons. The molecule has 0 unspecified atom stereocenters. The number of benzene rings is 1. The quantitative estimate of drug-likeness (QED) is 0.800. The van der Waals surface area contributed by atoms with Crippen LogP contribution in [0.25, 0.3) is 6.08 Å². The third-order valence-corrected chi connectivity index (χ3v) is 6.27. The summed E-state index contributed by atoms with van der Waals surface area (Å²) < 4.78 is 33.8. The van der Waals surface area contributed by atoms with Crippen molar-refractivity contribution in [1.29, 1.82) is 0 Å². The number of hydrogen-bond donors (Lipinski definition) is 1. The van der Waals surface area contributed by atoms with E-state index in [4.69, 9.17) is 10.5 Å². The summed E-state index contributed by atoms with van der Waals surface area (Å²) in [6, 6.07) is 3.05. The average Bonchev–Trinajstić information content (AvgIpc) is 3.27. The van der Waals surface area contributed by atoms with Gasteiger partial charge in [0.25, 0.3) is 5.91 Å². The highest BCUT2D eigenvalue weighted by Crippen LogP contribution is 2.47. The molecule has 2 aromatic rings. The smallest absolute Gasteiger partial charge is 0.257 e. The SMILES string of the molecule is N/C=C\c1ncnc(N2CCC3(CC2)O[C@@H]2CC[C@@H](c4cc(F)cc(F)c4)N2C3=O)n1. The van der Waals surface area contributed by atoms with Crippen molar-refractivity contribution in [3.05, 3.63) is 53.7 Å². The molecular formula is C21H22F2N6O2. The Bertz CT molecular complexity index is 1020. The van der Waals surface area contributed by atoms with Gasteiger partial charge in [-0.1, -0.05) is 0 Å². The number of rotatable bonds is 3. The number of nitrogens with two attached hydrogens (primary N) is 1. The number of anilines is 1. The molecule has 0 bridgehead atoms. The zero-order valence-electron chi connectivity index (χ0n) is 16.7.